The number of hydrogen-bond acceptors (Lipinski definition) is 8. The minimum atomic E-state index is -1.34. The molecule has 0 radical (unpaired) electrons. The molecule has 6 rings (SSSR count). The Labute approximate surface area is 260 Å². The van der Waals surface area contributed by atoms with Crippen LogP contribution in [0.3, 0.4) is 0 Å². The van der Waals surface area contributed by atoms with Crippen LogP contribution in [0.4, 0.5) is 17.1 Å². The number of imide groups is 1. The second-order valence-corrected chi connectivity index (χ2v) is 12.8. The van der Waals surface area contributed by atoms with Crippen molar-refractivity contribution < 1.29 is 28.7 Å². The monoisotopic (exact) mass is 612 g/mol. The smallest absolute Gasteiger partial charge is 0.306 e. The van der Waals surface area contributed by atoms with Crippen molar-refractivity contribution in [3.8, 4) is 11.1 Å². The maximum Gasteiger partial charge on any atom is 0.306 e. The quantitative estimate of drug-likeness (QED) is 0.270. The van der Waals surface area contributed by atoms with Crippen LogP contribution >= 0.6 is 0 Å². The van der Waals surface area contributed by atoms with Gasteiger partial charge in [0.05, 0.1) is 29.1 Å². The third-order valence-corrected chi connectivity index (χ3v) is 8.29. The summed E-state index contributed by atoms with van der Waals surface area (Å²) in [5, 5.41) is 7.92. The number of esters is 1. The summed E-state index contributed by atoms with van der Waals surface area (Å²) in [5.74, 6) is -2.84. The third-order valence-electron chi connectivity index (χ3n) is 8.29. The number of primary amides is 1. The van der Waals surface area contributed by atoms with Gasteiger partial charge >= 0.3 is 5.97 Å². The molecule has 12 heteroatoms. The third kappa shape index (κ3) is 5.79. The highest BCUT2D eigenvalue weighted by molar-refractivity contribution is 6.25. The van der Waals surface area contributed by atoms with Crippen molar-refractivity contribution in [3.05, 3.63) is 59.4 Å². The Morgan fingerprint density at radius 1 is 1.07 bits per heavy atom. The molecule has 1 fully saturated rings. The molecule has 4 amide bonds. The molecular formula is C33H36N6O6. The van der Waals surface area contributed by atoms with Crippen LogP contribution in [0.2, 0.25) is 0 Å². The Balaban J connectivity index is 1.35. The number of anilines is 3. The first kappa shape index (κ1) is 30.0. The van der Waals surface area contributed by atoms with Crippen LogP contribution in [0.25, 0.3) is 11.1 Å². The lowest BCUT2D eigenvalue weighted by atomic mass is 9.95. The van der Waals surface area contributed by atoms with E-state index < -0.39 is 35.3 Å². The number of benzene rings is 2. The van der Waals surface area contributed by atoms with Crippen LogP contribution in [0.15, 0.2) is 42.7 Å². The molecule has 1 aromatic heterocycles. The van der Waals surface area contributed by atoms with Crippen LogP contribution in [-0.4, -0.2) is 63.0 Å². The number of nitrogens with two attached hydrogens (primary N) is 1. The van der Waals surface area contributed by atoms with E-state index in [-0.39, 0.29) is 29.9 Å². The van der Waals surface area contributed by atoms with Crippen molar-refractivity contribution in [2.75, 3.05) is 17.3 Å². The number of hydrogen-bond donors (Lipinski definition) is 2. The summed E-state index contributed by atoms with van der Waals surface area (Å²) in [6.45, 7) is 5.16. The van der Waals surface area contributed by atoms with Crippen LogP contribution in [0, 0.1) is 0 Å². The van der Waals surface area contributed by atoms with Gasteiger partial charge in [-0.1, -0.05) is 6.07 Å². The van der Waals surface area contributed by atoms with Gasteiger partial charge in [0, 0.05) is 48.6 Å². The van der Waals surface area contributed by atoms with E-state index in [1.807, 2.05) is 23.0 Å². The molecule has 3 N–H and O–H groups in total. The summed E-state index contributed by atoms with van der Waals surface area (Å²) < 4.78 is 7.29. The van der Waals surface area contributed by atoms with E-state index in [4.69, 9.17) is 10.5 Å². The summed E-state index contributed by atoms with van der Waals surface area (Å²) in [4.78, 5) is 67.3. The van der Waals surface area contributed by atoms with Crippen LogP contribution in [-0.2, 0) is 25.5 Å². The molecule has 1 unspecified atom stereocenters. The largest absolute Gasteiger partial charge is 0.460 e. The summed E-state index contributed by atoms with van der Waals surface area (Å²) in [5.41, 5.74) is 9.58. The lowest BCUT2D eigenvalue weighted by molar-refractivity contribution is -0.155. The number of carbonyl (C=O) groups excluding carboxylic acids is 5. The van der Waals surface area contributed by atoms with Crippen LogP contribution < -0.4 is 16.0 Å². The molecule has 0 saturated heterocycles. The zero-order valence-electron chi connectivity index (χ0n) is 25.8. The summed E-state index contributed by atoms with van der Waals surface area (Å²) >= 11 is 0. The second kappa shape index (κ2) is 11.2. The van der Waals surface area contributed by atoms with E-state index in [1.54, 1.807) is 51.0 Å². The van der Waals surface area contributed by atoms with Gasteiger partial charge in [0.2, 0.25) is 11.8 Å². The second-order valence-electron chi connectivity index (χ2n) is 12.8. The lowest BCUT2D eigenvalue weighted by Crippen LogP contribution is -2.48. The SMILES string of the molecule is CN1C(=O)CCc2cc(-c3cnn(C4CC4)c3)c(Nc3cccc4c3C(=O)N(C(CCC(=O)OC(C)(C)C)C(N)=O)C4=O)cc21. The molecule has 3 aliphatic rings. The topological polar surface area (TPSA) is 157 Å². The first-order valence-electron chi connectivity index (χ1n) is 15.1. The van der Waals surface area contributed by atoms with E-state index in [0.29, 0.717) is 30.3 Å². The summed E-state index contributed by atoms with van der Waals surface area (Å²) in [6.07, 6.45) is 6.59. The molecule has 3 heterocycles. The first-order chi connectivity index (χ1) is 21.3. The molecule has 45 heavy (non-hydrogen) atoms. The molecule has 3 aromatic rings. The maximum atomic E-state index is 13.9. The lowest BCUT2D eigenvalue weighted by Gasteiger charge is -2.28. The number of aromatic nitrogens is 2. The number of aryl methyl sites for hydroxylation is 1. The predicted octanol–water partition coefficient (Wildman–Crippen LogP) is 4.11. The molecule has 12 nitrogen and oxygen atoms in total. The Hall–Kier alpha value is -5.00. The molecule has 1 aliphatic carbocycles. The first-order valence-corrected chi connectivity index (χ1v) is 15.1. The molecule has 2 aliphatic heterocycles. The van der Waals surface area contributed by atoms with Gasteiger partial charge in [0.25, 0.3) is 11.8 Å². The van der Waals surface area contributed by atoms with E-state index in [1.165, 1.54) is 6.07 Å². The number of ether oxygens (including phenoxy) is 1. The van der Waals surface area contributed by atoms with E-state index in [9.17, 15) is 24.0 Å². The summed E-state index contributed by atoms with van der Waals surface area (Å²) in [7, 11) is 1.73. The molecule has 2 aromatic carbocycles. The highest BCUT2D eigenvalue weighted by Crippen LogP contribution is 2.42. The summed E-state index contributed by atoms with van der Waals surface area (Å²) in [6, 6.07) is 7.81. The number of amides is 4. The Morgan fingerprint density at radius 2 is 1.82 bits per heavy atom. The number of rotatable bonds is 9. The normalized spacial score (nSPS) is 16.8. The fraction of sp³-hybridized carbons (Fsp3) is 0.394. The minimum Gasteiger partial charge on any atom is -0.460 e. The predicted molar refractivity (Wildman–Crippen MR) is 166 cm³/mol. The van der Waals surface area contributed by atoms with Gasteiger partial charge in [-0.2, -0.15) is 5.10 Å². The van der Waals surface area contributed by atoms with Crippen molar-refractivity contribution >= 4 is 46.7 Å². The number of fused-ring (bicyclic) bond motifs is 2. The fourth-order valence-corrected chi connectivity index (χ4v) is 5.93. The average molecular weight is 613 g/mol. The number of carbonyl (C=O) groups is 5. The molecular weight excluding hydrogens is 576 g/mol. The Morgan fingerprint density at radius 3 is 2.51 bits per heavy atom. The standard InChI is InChI=1S/C33H36N6O6/c1-33(2,3)45-28(41)13-11-25(30(34)42)39-31(43)21-6-5-7-23(29(21)32(39)44)36-24-15-26-18(8-12-27(40)37(26)4)14-22(24)19-16-35-38(17-19)20-9-10-20/h5-7,14-17,20,25,36H,8-13H2,1-4H3,(H2,34,42). The Kier molecular flexibility index (Phi) is 7.46. The van der Waals surface area contributed by atoms with Crippen molar-refractivity contribution in [2.24, 2.45) is 5.73 Å². The molecule has 1 saturated carbocycles. The average Bonchev–Trinajstić information content (AvgIpc) is 3.65. The van der Waals surface area contributed by atoms with E-state index >= 15 is 0 Å². The zero-order chi connectivity index (χ0) is 32.2. The maximum absolute atomic E-state index is 13.9. The Bertz CT molecular complexity index is 1750. The van der Waals surface area contributed by atoms with Gasteiger partial charge in [0.1, 0.15) is 11.6 Å². The zero-order valence-corrected chi connectivity index (χ0v) is 25.8. The van der Waals surface area contributed by atoms with Crippen molar-refractivity contribution in [1.82, 2.24) is 14.7 Å². The molecule has 0 bridgehead atoms. The van der Waals surface area contributed by atoms with Crippen LogP contribution in [0.1, 0.15) is 85.2 Å². The van der Waals surface area contributed by atoms with Crippen molar-refractivity contribution in [2.45, 2.75) is 77.0 Å². The van der Waals surface area contributed by atoms with E-state index in [2.05, 4.69) is 10.4 Å². The van der Waals surface area contributed by atoms with Gasteiger partial charge in [0.15, 0.2) is 0 Å². The van der Waals surface area contributed by atoms with Gasteiger partial charge in [-0.3, -0.25) is 33.6 Å². The minimum absolute atomic E-state index is 0.00338. The molecule has 1 atom stereocenters. The van der Waals surface area contributed by atoms with Crippen LogP contribution in [0.5, 0.6) is 0 Å². The highest BCUT2D eigenvalue weighted by Gasteiger charge is 2.44. The van der Waals surface area contributed by atoms with Gasteiger partial charge < -0.3 is 20.7 Å². The molecule has 234 valence electrons. The highest BCUT2D eigenvalue weighted by atomic mass is 16.6. The van der Waals surface area contributed by atoms with Gasteiger partial charge in [-0.25, -0.2) is 0 Å². The van der Waals surface area contributed by atoms with Crippen molar-refractivity contribution in [3.63, 3.8) is 0 Å². The number of nitrogens with one attached hydrogen (secondary N) is 1. The van der Waals surface area contributed by atoms with Gasteiger partial charge in [-0.15, -0.1) is 0 Å². The molecule has 0 spiro atoms. The van der Waals surface area contributed by atoms with Gasteiger partial charge in [-0.05, 0) is 76.3 Å². The van der Waals surface area contributed by atoms with Crippen molar-refractivity contribution in [1.29, 1.82) is 0 Å². The van der Waals surface area contributed by atoms with E-state index in [0.717, 1.165) is 40.1 Å². The number of nitrogens with zero attached hydrogens (tertiary/aromatic N) is 4. The fourth-order valence-electron chi connectivity index (χ4n) is 5.93.